The van der Waals surface area contributed by atoms with Crippen molar-refractivity contribution in [3.63, 3.8) is 0 Å². The molecule has 84 valence electrons. The van der Waals surface area contributed by atoms with Crippen LogP contribution in [0.15, 0.2) is 0 Å². The topological polar surface area (TPSA) is 89.3 Å². The molecule has 1 saturated carbocycles. The fourth-order valence-electron chi connectivity index (χ4n) is 2.52. The van der Waals surface area contributed by atoms with Crippen LogP contribution in [0.5, 0.6) is 0 Å². The zero-order valence-electron chi connectivity index (χ0n) is 8.98. The minimum absolute atomic E-state index is 0.0205. The van der Waals surface area contributed by atoms with Gasteiger partial charge in [0.05, 0.1) is 7.85 Å². The molecule has 5 heteroatoms. The predicted octanol–water partition coefficient (Wildman–Crippen LogP) is 0.120. The van der Waals surface area contributed by atoms with Gasteiger partial charge in [-0.25, -0.2) is 0 Å². The standard InChI is InChI=1S/C10H19BN2O2/c11-3-1-2-8-4-7(6-12)5-10(8,13)9(14)15/h7-8H,1-6,12-13H2,(H,14,15)/t7-,8+,10+/m1/s1. The van der Waals surface area contributed by atoms with Crippen molar-refractivity contribution >= 4 is 13.8 Å². The average molecular weight is 210 g/mol. The Morgan fingerprint density at radius 2 is 2.27 bits per heavy atom. The molecule has 1 rings (SSSR count). The molecule has 1 fully saturated rings. The lowest BCUT2D eigenvalue weighted by atomic mass is 9.83. The van der Waals surface area contributed by atoms with E-state index in [1.54, 1.807) is 0 Å². The molecule has 0 spiro atoms. The molecular formula is C10H19BN2O2. The Balaban J connectivity index is 2.69. The van der Waals surface area contributed by atoms with Crippen molar-refractivity contribution in [1.29, 1.82) is 0 Å². The molecule has 0 bridgehead atoms. The fourth-order valence-corrected chi connectivity index (χ4v) is 2.52. The lowest BCUT2D eigenvalue weighted by Crippen LogP contribution is -2.51. The Morgan fingerprint density at radius 1 is 1.60 bits per heavy atom. The molecule has 0 aromatic rings. The highest BCUT2D eigenvalue weighted by atomic mass is 16.4. The van der Waals surface area contributed by atoms with Crippen LogP contribution >= 0.6 is 0 Å². The molecule has 0 aliphatic heterocycles. The van der Waals surface area contributed by atoms with Crippen LogP contribution < -0.4 is 11.5 Å². The normalized spacial score (nSPS) is 35.6. The van der Waals surface area contributed by atoms with Gasteiger partial charge in [-0.2, -0.15) is 0 Å². The van der Waals surface area contributed by atoms with E-state index in [1.807, 2.05) is 0 Å². The van der Waals surface area contributed by atoms with E-state index in [4.69, 9.17) is 24.4 Å². The van der Waals surface area contributed by atoms with Gasteiger partial charge in [0.15, 0.2) is 0 Å². The summed E-state index contributed by atoms with van der Waals surface area (Å²) >= 11 is 0. The molecule has 0 saturated heterocycles. The molecule has 0 unspecified atom stereocenters. The van der Waals surface area contributed by atoms with E-state index >= 15 is 0 Å². The van der Waals surface area contributed by atoms with Crippen molar-refractivity contribution in [2.24, 2.45) is 23.3 Å². The lowest BCUT2D eigenvalue weighted by Gasteiger charge is -2.26. The maximum absolute atomic E-state index is 11.2. The molecule has 4 nitrogen and oxygen atoms in total. The SMILES string of the molecule is [B]CCC[C@H]1C[C@@H](CN)C[C@@]1(N)C(=O)O. The molecule has 15 heavy (non-hydrogen) atoms. The lowest BCUT2D eigenvalue weighted by molar-refractivity contribution is -0.145. The van der Waals surface area contributed by atoms with E-state index in [0.717, 1.165) is 19.3 Å². The van der Waals surface area contributed by atoms with Crippen molar-refractivity contribution < 1.29 is 9.90 Å². The predicted molar refractivity (Wildman–Crippen MR) is 59.6 cm³/mol. The van der Waals surface area contributed by atoms with Crippen molar-refractivity contribution in [2.45, 2.75) is 37.5 Å². The van der Waals surface area contributed by atoms with Gasteiger partial charge in [0.25, 0.3) is 0 Å². The van der Waals surface area contributed by atoms with Crippen LogP contribution in [0.25, 0.3) is 0 Å². The third kappa shape index (κ3) is 2.52. The number of carbonyl (C=O) groups is 1. The second-order valence-corrected chi connectivity index (χ2v) is 4.51. The summed E-state index contributed by atoms with van der Waals surface area (Å²) in [4.78, 5) is 11.2. The van der Waals surface area contributed by atoms with E-state index in [9.17, 15) is 4.79 Å². The van der Waals surface area contributed by atoms with E-state index in [1.165, 1.54) is 0 Å². The summed E-state index contributed by atoms with van der Waals surface area (Å²) in [6.07, 6.45) is 3.51. The summed E-state index contributed by atoms with van der Waals surface area (Å²) in [5, 5.41) is 9.16. The summed E-state index contributed by atoms with van der Waals surface area (Å²) in [6.45, 7) is 0.519. The van der Waals surface area contributed by atoms with E-state index in [0.29, 0.717) is 19.3 Å². The largest absolute Gasteiger partial charge is 0.480 e. The monoisotopic (exact) mass is 210 g/mol. The highest BCUT2D eigenvalue weighted by molar-refractivity contribution is 6.08. The third-order valence-corrected chi connectivity index (χ3v) is 3.46. The molecule has 0 heterocycles. The fraction of sp³-hybridized carbons (Fsp3) is 0.900. The summed E-state index contributed by atoms with van der Waals surface area (Å²) in [5.41, 5.74) is 10.4. The number of aliphatic carboxylic acids is 1. The van der Waals surface area contributed by atoms with Crippen molar-refractivity contribution in [1.82, 2.24) is 0 Å². The average Bonchev–Trinajstić information content (AvgIpc) is 2.54. The molecule has 5 N–H and O–H groups in total. The summed E-state index contributed by atoms with van der Waals surface area (Å²) < 4.78 is 0. The number of hydrogen-bond donors (Lipinski definition) is 3. The van der Waals surface area contributed by atoms with Gasteiger partial charge in [-0.05, 0) is 37.6 Å². The van der Waals surface area contributed by atoms with Crippen LogP contribution in [0.2, 0.25) is 6.32 Å². The summed E-state index contributed by atoms with van der Waals surface area (Å²) in [5.74, 6) is -0.638. The number of carboxylic acid groups (broad SMARTS) is 1. The third-order valence-electron chi connectivity index (χ3n) is 3.46. The number of nitrogens with two attached hydrogens (primary N) is 2. The van der Waals surface area contributed by atoms with Crippen molar-refractivity contribution in [3.05, 3.63) is 0 Å². The molecule has 0 aromatic heterocycles. The molecule has 0 amide bonds. The smallest absolute Gasteiger partial charge is 0.323 e. The highest BCUT2D eigenvalue weighted by Crippen LogP contribution is 2.40. The van der Waals surface area contributed by atoms with Gasteiger partial charge in [-0.1, -0.05) is 12.7 Å². The zero-order chi connectivity index (χ0) is 11.5. The molecule has 3 atom stereocenters. The van der Waals surface area contributed by atoms with Gasteiger partial charge in [-0.15, -0.1) is 0 Å². The molecular weight excluding hydrogens is 191 g/mol. The van der Waals surface area contributed by atoms with E-state index in [2.05, 4.69) is 0 Å². The highest BCUT2D eigenvalue weighted by Gasteiger charge is 2.48. The van der Waals surface area contributed by atoms with Crippen molar-refractivity contribution in [2.75, 3.05) is 6.54 Å². The Labute approximate surface area is 91.8 Å². The van der Waals surface area contributed by atoms with Gasteiger partial charge in [0, 0.05) is 0 Å². The molecule has 1 aliphatic rings. The number of hydrogen-bond acceptors (Lipinski definition) is 3. The molecule has 1 aliphatic carbocycles. The van der Waals surface area contributed by atoms with Gasteiger partial charge in [-0.3, -0.25) is 4.79 Å². The molecule has 0 aromatic carbocycles. The Hall–Kier alpha value is -0.545. The number of carboxylic acids is 1. The van der Waals surface area contributed by atoms with Crippen LogP contribution in [0, 0.1) is 11.8 Å². The minimum atomic E-state index is -1.08. The maximum Gasteiger partial charge on any atom is 0.323 e. The van der Waals surface area contributed by atoms with Crippen molar-refractivity contribution in [3.8, 4) is 0 Å². The molecule has 2 radical (unpaired) electrons. The van der Waals surface area contributed by atoms with Gasteiger partial charge in [0.1, 0.15) is 5.54 Å². The van der Waals surface area contributed by atoms with E-state index < -0.39 is 11.5 Å². The first kappa shape index (κ1) is 12.5. The first-order valence-electron chi connectivity index (χ1n) is 5.47. The first-order valence-corrected chi connectivity index (χ1v) is 5.47. The van der Waals surface area contributed by atoms with Crippen LogP contribution in [0.1, 0.15) is 25.7 Å². The Bertz CT molecular complexity index is 237. The summed E-state index contributed by atoms with van der Waals surface area (Å²) in [6, 6.07) is 0. The first-order chi connectivity index (χ1) is 7.04. The van der Waals surface area contributed by atoms with Gasteiger partial charge < -0.3 is 16.6 Å². The Morgan fingerprint density at radius 3 is 2.73 bits per heavy atom. The maximum atomic E-state index is 11.2. The van der Waals surface area contributed by atoms with Crippen LogP contribution in [0.3, 0.4) is 0 Å². The number of rotatable bonds is 5. The zero-order valence-corrected chi connectivity index (χ0v) is 8.98. The minimum Gasteiger partial charge on any atom is -0.480 e. The quantitative estimate of drug-likeness (QED) is 0.562. The van der Waals surface area contributed by atoms with Crippen LogP contribution in [-0.2, 0) is 4.79 Å². The second kappa shape index (κ2) is 4.99. The van der Waals surface area contributed by atoms with Gasteiger partial charge in [0.2, 0.25) is 0 Å². The second-order valence-electron chi connectivity index (χ2n) is 4.51. The Kier molecular flexibility index (Phi) is 4.17. The van der Waals surface area contributed by atoms with Crippen LogP contribution in [0.4, 0.5) is 0 Å². The van der Waals surface area contributed by atoms with Crippen LogP contribution in [-0.4, -0.2) is 31.0 Å². The summed E-state index contributed by atoms with van der Waals surface area (Å²) in [7, 11) is 5.43. The van der Waals surface area contributed by atoms with Gasteiger partial charge >= 0.3 is 5.97 Å². The van der Waals surface area contributed by atoms with E-state index in [-0.39, 0.29) is 11.8 Å².